The van der Waals surface area contributed by atoms with Crippen molar-refractivity contribution in [3.8, 4) is 0 Å². The molecule has 1 heterocycles. The molecule has 2 fully saturated rings. The summed E-state index contributed by atoms with van der Waals surface area (Å²) in [5.74, 6) is 0.873. The van der Waals surface area contributed by atoms with Crippen LogP contribution in [0.25, 0.3) is 0 Å². The minimum atomic E-state index is -0.0536. The molecule has 1 aliphatic heterocycles. The predicted molar refractivity (Wildman–Crippen MR) is 108 cm³/mol. The molecule has 1 aromatic carbocycles. The summed E-state index contributed by atoms with van der Waals surface area (Å²) in [6.07, 6.45) is 5.39. The van der Waals surface area contributed by atoms with Crippen LogP contribution in [0.4, 0.5) is 0 Å². The van der Waals surface area contributed by atoms with Crippen molar-refractivity contribution in [2.45, 2.75) is 43.0 Å². The van der Waals surface area contributed by atoms with Gasteiger partial charge in [-0.15, -0.1) is 24.2 Å². The third-order valence-corrected chi connectivity index (χ3v) is 6.28. The highest BCUT2D eigenvalue weighted by atomic mass is 35.5. The first kappa shape index (κ1) is 21.1. The maximum absolute atomic E-state index is 12.7. The highest BCUT2D eigenvalue weighted by Gasteiger charge is 2.28. The molecule has 26 heavy (non-hydrogen) atoms. The first-order valence-electron chi connectivity index (χ1n) is 9.19. The van der Waals surface area contributed by atoms with Gasteiger partial charge in [0.25, 0.3) is 5.91 Å². The molecule has 144 valence electrons. The molecule has 0 spiro atoms. The second kappa shape index (κ2) is 10.2. The quantitative estimate of drug-likeness (QED) is 0.723. The Morgan fingerprint density at radius 3 is 2.62 bits per heavy atom. The van der Waals surface area contributed by atoms with Gasteiger partial charge in [0.1, 0.15) is 0 Å². The summed E-state index contributed by atoms with van der Waals surface area (Å²) in [6, 6.07) is 7.71. The van der Waals surface area contributed by atoms with Crippen molar-refractivity contribution < 1.29 is 9.59 Å². The van der Waals surface area contributed by atoms with Crippen LogP contribution >= 0.6 is 24.2 Å². The van der Waals surface area contributed by atoms with Crippen molar-refractivity contribution in [1.82, 2.24) is 10.2 Å². The van der Waals surface area contributed by atoms with E-state index < -0.39 is 0 Å². The number of thioether (sulfide) groups is 1. The van der Waals surface area contributed by atoms with Crippen LogP contribution in [0.3, 0.4) is 0 Å². The van der Waals surface area contributed by atoms with Crippen molar-refractivity contribution in [2.24, 2.45) is 11.7 Å². The summed E-state index contributed by atoms with van der Waals surface area (Å²) in [5, 5.41) is 3.15. The van der Waals surface area contributed by atoms with E-state index >= 15 is 0 Å². The van der Waals surface area contributed by atoms with Crippen LogP contribution in [0.5, 0.6) is 0 Å². The summed E-state index contributed by atoms with van der Waals surface area (Å²) in [7, 11) is 0. The third kappa shape index (κ3) is 5.15. The normalized spacial score (nSPS) is 22.1. The summed E-state index contributed by atoms with van der Waals surface area (Å²) in [6.45, 7) is 2.35. The Labute approximate surface area is 165 Å². The Morgan fingerprint density at radius 2 is 1.88 bits per heavy atom. The molecule has 7 heteroatoms. The smallest absolute Gasteiger partial charge is 0.252 e. The van der Waals surface area contributed by atoms with E-state index in [0.29, 0.717) is 23.8 Å². The Morgan fingerprint density at radius 1 is 1.15 bits per heavy atom. The maximum Gasteiger partial charge on any atom is 0.252 e. The van der Waals surface area contributed by atoms with Gasteiger partial charge in [-0.1, -0.05) is 18.6 Å². The lowest BCUT2D eigenvalue weighted by molar-refractivity contribution is -0.127. The molecule has 0 radical (unpaired) electrons. The first-order chi connectivity index (χ1) is 12.2. The first-order valence-corrected chi connectivity index (χ1v) is 10.2. The number of hydrogen-bond donors (Lipinski definition) is 2. The molecule has 0 aromatic heterocycles. The van der Waals surface area contributed by atoms with E-state index in [2.05, 4.69) is 5.32 Å². The van der Waals surface area contributed by atoms with E-state index in [9.17, 15) is 9.59 Å². The number of rotatable bonds is 6. The molecule has 2 unspecified atom stereocenters. The Hall–Kier alpha value is -1.24. The summed E-state index contributed by atoms with van der Waals surface area (Å²) >= 11 is 1.46. The van der Waals surface area contributed by atoms with Crippen LogP contribution in [0.2, 0.25) is 0 Å². The Kier molecular flexibility index (Phi) is 8.25. The fraction of sp³-hybridized carbons (Fsp3) is 0.579. The van der Waals surface area contributed by atoms with Gasteiger partial charge in [-0.05, 0) is 50.3 Å². The van der Waals surface area contributed by atoms with Crippen molar-refractivity contribution in [3.63, 3.8) is 0 Å². The van der Waals surface area contributed by atoms with Crippen molar-refractivity contribution >= 4 is 36.0 Å². The van der Waals surface area contributed by atoms with E-state index in [1.54, 1.807) is 0 Å². The molecule has 5 nitrogen and oxygen atoms in total. The number of carbonyl (C=O) groups excluding carboxylic acids is 2. The molecule has 3 N–H and O–H groups in total. The maximum atomic E-state index is 12.7. The van der Waals surface area contributed by atoms with E-state index in [1.165, 1.54) is 11.8 Å². The lowest BCUT2D eigenvalue weighted by Crippen LogP contribution is -2.40. The van der Waals surface area contributed by atoms with Crippen LogP contribution in [0.15, 0.2) is 29.2 Å². The largest absolute Gasteiger partial charge is 0.349 e. The van der Waals surface area contributed by atoms with E-state index in [-0.39, 0.29) is 30.3 Å². The van der Waals surface area contributed by atoms with E-state index in [0.717, 1.165) is 50.1 Å². The molecule has 1 aliphatic carbocycles. The number of nitrogens with one attached hydrogen (secondary N) is 1. The van der Waals surface area contributed by atoms with Gasteiger partial charge in [0, 0.05) is 24.0 Å². The second-order valence-corrected chi connectivity index (χ2v) is 7.90. The number of amides is 2. The van der Waals surface area contributed by atoms with Crippen LogP contribution in [0.1, 0.15) is 42.5 Å². The fourth-order valence-electron chi connectivity index (χ4n) is 3.73. The lowest BCUT2D eigenvalue weighted by Gasteiger charge is -2.20. The summed E-state index contributed by atoms with van der Waals surface area (Å²) in [5.41, 5.74) is 6.47. The zero-order valence-corrected chi connectivity index (χ0v) is 16.6. The summed E-state index contributed by atoms with van der Waals surface area (Å²) in [4.78, 5) is 27.8. The highest BCUT2D eigenvalue weighted by molar-refractivity contribution is 8.00. The number of nitrogens with two attached hydrogens (primary N) is 1. The zero-order valence-electron chi connectivity index (χ0n) is 15.0. The fourth-order valence-corrected chi connectivity index (χ4v) is 4.69. The number of benzene rings is 1. The van der Waals surface area contributed by atoms with Crippen molar-refractivity contribution in [1.29, 1.82) is 0 Å². The molecule has 1 aromatic rings. The number of carbonyl (C=O) groups is 2. The Bertz CT molecular complexity index is 623. The minimum Gasteiger partial charge on any atom is -0.349 e. The van der Waals surface area contributed by atoms with Crippen molar-refractivity contribution in [3.05, 3.63) is 29.8 Å². The van der Waals surface area contributed by atoms with Crippen LogP contribution in [-0.4, -0.2) is 48.1 Å². The topological polar surface area (TPSA) is 75.4 Å². The van der Waals surface area contributed by atoms with Gasteiger partial charge in [0.15, 0.2) is 0 Å². The molecule has 3 rings (SSSR count). The highest BCUT2D eigenvalue weighted by Crippen LogP contribution is 2.27. The summed E-state index contributed by atoms with van der Waals surface area (Å²) < 4.78 is 0. The van der Waals surface area contributed by atoms with E-state index in [1.807, 2.05) is 29.2 Å². The molecule has 1 saturated heterocycles. The third-order valence-electron chi connectivity index (χ3n) is 5.22. The monoisotopic (exact) mass is 397 g/mol. The van der Waals surface area contributed by atoms with Crippen LogP contribution < -0.4 is 11.1 Å². The number of hydrogen-bond acceptors (Lipinski definition) is 4. The number of likely N-dealkylation sites (tertiary alicyclic amines) is 1. The minimum absolute atomic E-state index is 0. The number of nitrogens with zero attached hydrogens (tertiary/aromatic N) is 1. The molecule has 2 aliphatic rings. The predicted octanol–water partition coefficient (Wildman–Crippen LogP) is 2.68. The van der Waals surface area contributed by atoms with Gasteiger partial charge in [-0.3, -0.25) is 9.59 Å². The average molecular weight is 398 g/mol. The number of halogens is 1. The molecule has 2 amide bonds. The molecule has 0 bridgehead atoms. The van der Waals surface area contributed by atoms with Crippen molar-refractivity contribution in [2.75, 3.05) is 25.4 Å². The molecular weight excluding hydrogens is 370 g/mol. The van der Waals surface area contributed by atoms with E-state index in [4.69, 9.17) is 5.73 Å². The van der Waals surface area contributed by atoms with Gasteiger partial charge >= 0.3 is 0 Å². The SMILES string of the molecule is Cl.NCC1CCCC1NC(=O)c1ccccc1SCC(=O)N1CCCC1. The molecular formula is C19H28ClN3O2S. The van der Waals surface area contributed by atoms with Gasteiger partial charge in [-0.2, -0.15) is 0 Å². The van der Waals surface area contributed by atoms with Gasteiger partial charge in [0.05, 0.1) is 11.3 Å². The second-order valence-electron chi connectivity index (χ2n) is 6.88. The average Bonchev–Trinajstić information content (AvgIpc) is 3.31. The van der Waals surface area contributed by atoms with Gasteiger partial charge in [0.2, 0.25) is 5.91 Å². The molecule has 1 saturated carbocycles. The Balaban J connectivity index is 0.00000243. The molecule has 2 atom stereocenters. The van der Waals surface area contributed by atoms with Crippen LogP contribution in [0, 0.1) is 5.92 Å². The van der Waals surface area contributed by atoms with Crippen LogP contribution in [-0.2, 0) is 4.79 Å². The lowest BCUT2D eigenvalue weighted by atomic mass is 10.0. The standard InChI is InChI=1S/C19H27N3O2S.ClH/c20-12-14-6-5-8-16(14)21-19(24)15-7-1-2-9-17(15)25-13-18(23)22-10-3-4-11-22;/h1-2,7,9,14,16H,3-6,8,10-13,20H2,(H,21,24);1H. The zero-order chi connectivity index (χ0) is 17.6. The van der Waals surface area contributed by atoms with Gasteiger partial charge < -0.3 is 16.0 Å². The van der Waals surface area contributed by atoms with Gasteiger partial charge in [-0.25, -0.2) is 0 Å².